The van der Waals surface area contributed by atoms with Crippen molar-refractivity contribution in [3.8, 4) is 0 Å². The molecule has 0 bridgehead atoms. The fourth-order valence-electron chi connectivity index (χ4n) is 2.05. The lowest BCUT2D eigenvalue weighted by molar-refractivity contribution is -0.384. The molecule has 0 atom stereocenters. The van der Waals surface area contributed by atoms with E-state index in [2.05, 4.69) is 0 Å². The Labute approximate surface area is 115 Å². The second-order valence-corrected chi connectivity index (χ2v) is 4.81. The van der Waals surface area contributed by atoms with Gasteiger partial charge in [0.2, 0.25) is 0 Å². The molecule has 0 unspecified atom stereocenters. The summed E-state index contributed by atoms with van der Waals surface area (Å²) >= 11 is 0. The van der Waals surface area contributed by atoms with E-state index in [9.17, 15) is 19.7 Å². The van der Waals surface area contributed by atoms with Gasteiger partial charge < -0.3 is 10.0 Å². The van der Waals surface area contributed by atoms with Crippen molar-refractivity contribution in [1.29, 1.82) is 0 Å². The maximum absolute atomic E-state index is 12.4. The van der Waals surface area contributed by atoms with Crippen LogP contribution in [-0.4, -0.2) is 39.4 Å². The summed E-state index contributed by atoms with van der Waals surface area (Å²) in [5.74, 6) is -1.45. The molecule has 106 valence electrons. The van der Waals surface area contributed by atoms with Gasteiger partial charge in [0.25, 0.3) is 11.6 Å². The molecule has 2 rings (SSSR count). The van der Waals surface area contributed by atoms with Crippen molar-refractivity contribution in [1.82, 2.24) is 4.90 Å². The minimum absolute atomic E-state index is 0.0341. The molecule has 1 saturated carbocycles. The molecule has 0 spiro atoms. The number of carbonyl (C=O) groups excluding carboxylic acids is 1. The van der Waals surface area contributed by atoms with Crippen LogP contribution in [0.1, 0.15) is 28.8 Å². The second kappa shape index (κ2) is 5.28. The first kappa shape index (κ1) is 14.0. The number of nitro benzene ring substituents is 1. The van der Waals surface area contributed by atoms with Crippen LogP contribution in [0.3, 0.4) is 0 Å². The molecule has 1 amide bonds. The fourth-order valence-corrected chi connectivity index (χ4v) is 2.05. The Morgan fingerprint density at radius 3 is 2.55 bits per heavy atom. The van der Waals surface area contributed by atoms with Crippen LogP contribution in [0.5, 0.6) is 0 Å². The maximum Gasteiger partial charge on any atom is 0.323 e. The highest BCUT2D eigenvalue weighted by atomic mass is 16.6. The van der Waals surface area contributed by atoms with Gasteiger partial charge in [0.05, 0.1) is 4.92 Å². The van der Waals surface area contributed by atoms with E-state index < -0.39 is 10.9 Å². The first-order valence-corrected chi connectivity index (χ1v) is 6.18. The summed E-state index contributed by atoms with van der Waals surface area (Å²) in [7, 11) is 0. The standard InChI is InChI=1S/C13H14N2O5/c1-8-6-10(15(19)20)4-5-11(8)13(18)14(7-12(16)17)9-2-3-9/h4-6,9H,2-3,7H2,1H3,(H,16,17). The molecule has 1 N–H and O–H groups in total. The SMILES string of the molecule is Cc1cc([N+](=O)[O-])ccc1C(=O)N(CC(=O)O)C1CC1. The van der Waals surface area contributed by atoms with Gasteiger partial charge in [-0.15, -0.1) is 0 Å². The summed E-state index contributed by atoms with van der Waals surface area (Å²) in [6.45, 7) is 1.26. The van der Waals surface area contributed by atoms with Crippen molar-refractivity contribution < 1.29 is 19.6 Å². The molecular weight excluding hydrogens is 264 g/mol. The zero-order chi connectivity index (χ0) is 14.9. The Morgan fingerprint density at radius 1 is 1.45 bits per heavy atom. The van der Waals surface area contributed by atoms with Gasteiger partial charge in [-0.05, 0) is 31.4 Å². The number of aryl methyl sites for hydroxylation is 1. The molecule has 7 nitrogen and oxygen atoms in total. The molecule has 20 heavy (non-hydrogen) atoms. The number of nitrogens with zero attached hydrogens (tertiary/aromatic N) is 2. The summed E-state index contributed by atoms with van der Waals surface area (Å²) in [4.78, 5) is 34.6. The van der Waals surface area contributed by atoms with Gasteiger partial charge >= 0.3 is 5.97 Å². The van der Waals surface area contributed by atoms with Crippen LogP contribution in [0, 0.1) is 17.0 Å². The number of non-ortho nitro benzene ring substituents is 1. The largest absolute Gasteiger partial charge is 0.480 e. The van der Waals surface area contributed by atoms with Crippen LogP contribution in [-0.2, 0) is 4.79 Å². The van der Waals surface area contributed by atoms with E-state index in [4.69, 9.17) is 5.11 Å². The van der Waals surface area contributed by atoms with Crippen molar-refractivity contribution >= 4 is 17.6 Å². The van der Waals surface area contributed by atoms with E-state index in [1.54, 1.807) is 6.92 Å². The highest BCUT2D eigenvalue weighted by Gasteiger charge is 2.34. The lowest BCUT2D eigenvalue weighted by atomic mass is 10.1. The lowest BCUT2D eigenvalue weighted by Crippen LogP contribution is -2.37. The van der Waals surface area contributed by atoms with Gasteiger partial charge in [0.1, 0.15) is 6.54 Å². The summed E-state index contributed by atoms with van der Waals surface area (Å²) in [5.41, 5.74) is 0.694. The highest BCUT2D eigenvalue weighted by molar-refractivity contribution is 5.97. The van der Waals surface area contributed by atoms with Gasteiger partial charge in [-0.3, -0.25) is 19.7 Å². The van der Waals surface area contributed by atoms with E-state index in [0.717, 1.165) is 12.8 Å². The van der Waals surface area contributed by atoms with Crippen molar-refractivity contribution in [3.05, 3.63) is 39.4 Å². The number of nitro groups is 1. The molecule has 1 aliphatic carbocycles. The number of hydrogen-bond acceptors (Lipinski definition) is 4. The van der Waals surface area contributed by atoms with Crippen LogP contribution in [0.2, 0.25) is 0 Å². The average molecular weight is 278 g/mol. The molecule has 0 aliphatic heterocycles. The number of amides is 1. The Kier molecular flexibility index (Phi) is 3.69. The summed E-state index contributed by atoms with van der Waals surface area (Å²) in [6.07, 6.45) is 1.59. The van der Waals surface area contributed by atoms with Crippen LogP contribution in [0.4, 0.5) is 5.69 Å². The predicted octanol–water partition coefficient (Wildman–Crippen LogP) is 1.59. The molecule has 1 fully saturated rings. The zero-order valence-electron chi connectivity index (χ0n) is 10.9. The Bertz CT molecular complexity index is 580. The summed E-state index contributed by atoms with van der Waals surface area (Å²) < 4.78 is 0. The number of aliphatic carboxylic acids is 1. The number of carbonyl (C=O) groups is 2. The lowest BCUT2D eigenvalue weighted by Gasteiger charge is -2.21. The number of carboxylic acids is 1. The summed E-state index contributed by atoms with van der Waals surface area (Å²) in [6, 6.07) is 3.92. The monoisotopic (exact) mass is 278 g/mol. The van der Waals surface area contributed by atoms with E-state index in [1.807, 2.05) is 0 Å². The van der Waals surface area contributed by atoms with Crippen molar-refractivity contribution in [3.63, 3.8) is 0 Å². The van der Waals surface area contributed by atoms with Crippen LogP contribution >= 0.6 is 0 Å². The van der Waals surface area contributed by atoms with Crippen molar-refractivity contribution in [2.75, 3.05) is 6.54 Å². The average Bonchev–Trinajstić information content (AvgIpc) is 3.19. The molecule has 0 aromatic heterocycles. The number of rotatable bonds is 5. The first-order valence-electron chi connectivity index (χ1n) is 6.18. The maximum atomic E-state index is 12.4. The fraction of sp³-hybridized carbons (Fsp3) is 0.385. The second-order valence-electron chi connectivity index (χ2n) is 4.81. The van der Waals surface area contributed by atoms with Gasteiger partial charge in [0, 0.05) is 23.7 Å². The summed E-state index contributed by atoms with van der Waals surface area (Å²) in [5, 5.41) is 19.5. The molecule has 1 aliphatic rings. The van der Waals surface area contributed by atoms with Crippen LogP contribution in [0.25, 0.3) is 0 Å². The first-order chi connectivity index (χ1) is 9.40. The number of hydrogen-bond donors (Lipinski definition) is 1. The zero-order valence-corrected chi connectivity index (χ0v) is 10.9. The Morgan fingerprint density at radius 2 is 2.10 bits per heavy atom. The normalized spacial score (nSPS) is 13.8. The quantitative estimate of drug-likeness (QED) is 0.651. The molecule has 0 heterocycles. The van der Waals surface area contributed by atoms with E-state index >= 15 is 0 Å². The predicted molar refractivity (Wildman–Crippen MR) is 69.5 cm³/mol. The van der Waals surface area contributed by atoms with Crippen molar-refractivity contribution in [2.45, 2.75) is 25.8 Å². The van der Waals surface area contributed by atoms with Gasteiger partial charge in [-0.1, -0.05) is 0 Å². The third kappa shape index (κ3) is 2.93. The van der Waals surface area contributed by atoms with E-state index in [1.165, 1.54) is 23.1 Å². The minimum Gasteiger partial charge on any atom is -0.480 e. The molecule has 0 saturated heterocycles. The molecule has 0 radical (unpaired) electrons. The molecular formula is C13H14N2O5. The third-order valence-corrected chi connectivity index (χ3v) is 3.21. The molecule has 1 aromatic rings. The van der Waals surface area contributed by atoms with Gasteiger partial charge in [0.15, 0.2) is 0 Å². The van der Waals surface area contributed by atoms with Crippen molar-refractivity contribution in [2.24, 2.45) is 0 Å². The highest BCUT2D eigenvalue weighted by Crippen LogP contribution is 2.29. The van der Waals surface area contributed by atoms with Gasteiger partial charge in [-0.2, -0.15) is 0 Å². The third-order valence-electron chi connectivity index (χ3n) is 3.21. The number of carboxylic acid groups (broad SMARTS) is 1. The van der Waals surface area contributed by atoms with E-state index in [0.29, 0.717) is 11.1 Å². The Balaban J connectivity index is 2.27. The topological polar surface area (TPSA) is 101 Å². The van der Waals surface area contributed by atoms with E-state index in [-0.39, 0.29) is 24.2 Å². The Hall–Kier alpha value is -2.44. The van der Waals surface area contributed by atoms with Gasteiger partial charge in [-0.25, -0.2) is 0 Å². The van der Waals surface area contributed by atoms with Crippen LogP contribution < -0.4 is 0 Å². The smallest absolute Gasteiger partial charge is 0.323 e. The minimum atomic E-state index is -1.06. The number of benzene rings is 1. The molecule has 1 aromatic carbocycles. The van der Waals surface area contributed by atoms with Crippen LogP contribution in [0.15, 0.2) is 18.2 Å². The molecule has 7 heteroatoms.